The maximum Gasteiger partial charge on any atom is 0.308 e. The molecule has 2 saturated carbocycles. The summed E-state index contributed by atoms with van der Waals surface area (Å²) < 4.78 is 0. The molecule has 78 valence electrons. The zero-order chi connectivity index (χ0) is 9.71. The smallest absolute Gasteiger partial charge is 0.308 e. The van der Waals surface area contributed by atoms with Crippen LogP contribution in [0.2, 0.25) is 0 Å². The third-order valence-corrected chi connectivity index (χ3v) is 4.27. The molecule has 3 fully saturated rings. The second-order valence-corrected chi connectivity index (χ2v) is 5.15. The summed E-state index contributed by atoms with van der Waals surface area (Å²) in [6.07, 6.45) is 4.51. The van der Waals surface area contributed by atoms with E-state index < -0.39 is 5.97 Å². The number of likely N-dealkylation sites (tertiary alicyclic amines) is 1. The van der Waals surface area contributed by atoms with E-state index in [4.69, 9.17) is 5.11 Å². The minimum absolute atomic E-state index is 0.0764. The van der Waals surface area contributed by atoms with Gasteiger partial charge in [-0.25, -0.2) is 0 Å². The van der Waals surface area contributed by atoms with Crippen LogP contribution in [-0.4, -0.2) is 35.1 Å². The Morgan fingerprint density at radius 3 is 2.57 bits per heavy atom. The number of carboxylic acid groups (broad SMARTS) is 1. The predicted octanol–water partition coefficient (Wildman–Crippen LogP) is 1.19. The molecular weight excluding hydrogens is 178 g/mol. The van der Waals surface area contributed by atoms with Crippen molar-refractivity contribution in [1.29, 1.82) is 0 Å². The minimum Gasteiger partial charge on any atom is -0.481 e. The molecule has 0 spiro atoms. The van der Waals surface area contributed by atoms with Gasteiger partial charge in [-0.1, -0.05) is 6.42 Å². The van der Waals surface area contributed by atoms with Gasteiger partial charge in [0.05, 0.1) is 5.92 Å². The quantitative estimate of drug-likeness (QED) is 0.719. The third-order valence-electron chi connectivity index (χ3n) is 4.27. The SMILES string of the molecule is O=C(O)C1CCCC1N1CC2CC2C1. The summed E-state index contributed by atoms with van der Waals surface area (Å²) in [5.74, 6) is 1.19. The molecule has 0 aromatic carbocycles. The monoisotopic (exact) mass is 195 g/mol. The lowest BCUT2D eigenvalue weighted by atomic mass is 10.0. The van der Waals surface area contributed by atoms with Crippen LogP contribution in [0.5, 0.6) is 0 Å². The van der Waals surface area contributed by atoms with Gasteiger partial charge in [0.1, 0.15) is 0 Å². The Bertz CT molecular complexity index is 256. The second-order valence-electron chi connectivity index (χ2n) is 5.15. The van der Waals surface area contributed by atoms with Crippen molar-refractivity contribution in [2.75, 3.05) is 13.1 Å². The fourth-order valence-electron chi connectivity index (χ4n) is 3.37. The van der Waals surface area contributed by atoms with Crippen molar-refractivity contribution >= 4 is 5.97 Å². The molecule has 1 aliphatic heterocycles. The van der Waals surface area contributed by atoms with Crippen molar-refractivity contribution in [3.8, 4) is 0 Å². The lowest BCUT2D eigenvalue weighted by Crippen LogP contribution is -2.40. The first-order valence-electron chi connectivity index (χ1n) is 5.72. The van der Waals surface area contributed by atoms with E-state index in [1.807, 2.05) is 0 Å². The van der Waals surface area contributed by atoms with Crippen molar-refractivity contribution in [2.45, 2.75) is 31.7 Å². The fraction of sp³-hybridized carbons (Fsp3) is 0.909. The molecule has 0 bridgehead atoms. The highest BCUT2D eigenvalue weighted by Crippen LogP contribution is 2.47. The average Bonchev–Trinajstić information content (AvgIpc) is 2.69. The molecule has 3 rings (SSSR count). The molecule has 0 aromatic heterocycles. The second kappa shape index (κ2) is 2.96. The van der Waals surface area contributed by atoms with Gasteiger partial charge in [-0.3, -0.25) is 9.69 Å². The lowest BCUT2D eigenvalue weighted by molar-refractivity contribution is -0.143. The highest BCUT2D eigenvalue weighted by Gasteiger charge is 2.49. The normalized spacial score (nSPS) is 46.6. The summed E-state index contributed by atoms with van der Waals surface area (Å²) in [5.41, 5.74) is 0. The van der Waals surface area contributed by atoms with E-state index in [9.17, 15) is 4.79 Å². The van der Waals surface area contributed by atoms with Gasteiger partial charge < -0.3 is 5.11 Å². The molecule has 3 aliphatic rings. The van der Waals surface area contributed by atoms with Crippen molar-refractivity contribution in [1.82, 2.24) is 4.90 Å². The average molecular weight is 195 g/mol. The Labute approximate surface area is 84.1 Å². The van der Waals surface area contributed by atoms with Crippen LogP contribution < -0.4 is 0 Å². The number of carboxylic acids is 1. The molecule has 2 aliphatic carbocycles. The third kappa shape index (κ3) is 1.26. The van der Waals surface area contributed by atoms with E-state index in [2.05, 4.69) is 4.90 Å². The molecule has 0 aromatic rings. The van der Waals surface area contributed by atoms with E-state index in [-0.39, 0.29) is 5.92 Å². The van der Waals surface area contributed by atoms with Gasteiger partial charge in [-0.15, -0.1) is 0 Å². The van der Waals surface area contributed by atoms with Crippen LogP contribution in [0.3, 0.4) is 0 Å². The minimum atomic E-state index is -0.576. The zero-order valence-corrected chi connectivity index (χ0v) is 8.35. The van der Waals surface area contributed by atoms with Crippen molar-refractivity contribution in [3.63, 3.8) is 0 Å². The van der Waals surface area contributed by atoms with Gasteiger partial charge in [0.2, 0.25) is 0 Å². The van der Waals surface area contributed by atoms with Crippen LogP contribution in [0.4, 0.5) is 0 Å². The highest BCUT2D eigenvalue weighted by atomic mass is 16.4. The van der Waals surface area contributed by atoms with Crippen LogP contribution >= 0.6 is 0 Å². The molecule has 1 N–H and O–H groups in total. The Morgan fingerprint density at radius 2 is 1.93 bits per heavy atom. The number of nitrogens with zero attached hydrogens (tertiary/aromatic N) is 1. The molecule has 4 atom stereocenters. The number of hydrogen-bond donors (Lipinski definition) is 1. The number of piperidine rings is 1. The van der Waals surface area contributed by atoms with Gasteiger partial charge >= 0.3 is 5.97 Å². The van der Waals surface area contributed by atoms with E-state index in [1.54, 1.807) is 0 Å². The first-order valence-corrected chi connectivity index (χ1v) is 5.72. The molecule has 0 radical (unpaired) electrons. The summed E-state index contributed by atoms with van der Waals surface area (Å²) in [4.78, 5) is 13.5. The molecule has 4 unspecified atom stereocenters. The molecule has 1 heterocycles. The predicted molar refractivity (Wildman–Crippen MR) is 51.9 cm³/mol. The van der Waals surface area contributed by atoms with Gasteiger partial charge in [0.15, 0.2) is 0 Å². The Kier molecular flexibility index (Phi) is 1.84. The number of carbonyl (C=O) groups is 1. The number of fused-ring (bicyclic) bond motifs is 1. The van der Waals surface area contributed by atoms with E-state index in [0.717, 1.165) is 31.1 Å². The van der Waals surface area contributed by atoms with Crippen molar-refractivity contribution in [3.05, 3.63) is 0 Å². The van der Waals surface area contributed by atoms with Crippen LogP contribution in [0.15, 0.2) is 0 Å². The molecule has 14 heavy (non-hydrogen) atoms. The summed E-state index contributed by atoms with van der Waals surface area (Å²) >= 11 is 0. The maximum atomic E-state index is 11.0. The molecule has 3 nitrogen and oxygen atoms in total. The highest BCUT2D eigenvalue weighted by molar-refractivity contribution is 5.71. The first-order chi connectivity index (χ1) is 6.75. The summed E-state index contributed by atoms with van der Waals surface area (Å²) in [5, 5.41) is 9.09. The van der Waals surface area contributed by atoms with Crippen LogP contribution in [0.25, 0.3) is 0 Å². The number of rotatable bonds is 2. The van der Waals surface area contributed by atoms with Crippen molar-refractivity contribution < 1.29 is 9.90 Å². The molecule has 3 heteroatoms. The standard InChI is InChI=1S/C11H17NO2/c13-11(14)9-2-1-3-10(9)12-5-7-4-8(7)6-12/h7-10H,1-6H2,(H,13,14). The Balaban J connectivity index is 1.68. The summed E-state index contributed by atoms with van der Waals surface area (Å²) in [6, 6.07) is 0.361. The van der Waals surface area contributed by atoms with Crippen LogP contribution in [0, 0.1) is 17.8 Å². The van der Waals surface area contributed by atoms with E-state index in [1.165, 1.54) is 19.5 Å². The van der Waals surface area contributed by atoms with E-state index in [0.29, 0.717) is 6.04 Å². The van der Waals surface area contributed by atoms with Gasteiger partial charge in [0, 0.05) is 19.1 Å². The Morgan fingerprint density at radius 1 is 1.21 bits per heavy atom. The fourth-order valence-corrected chi connectivity index (χ4v) is 3.37. The maximum absolute atomic E-state index is 11.0. The zero-order valence-electron chi connectivity index (χ0n) is 8.35. The first kappa shape index (κ1) is 8.72. The van der Waals surface area contributed by atoms with E-state index >= 15 is 0 Å². The molecular formula is C11H17NO2. The number of aliphatic carboxylic acids is 1. The van der Waals surface area contributed by atoms with Gasteiger partial charge in [-0.05, 0) is 31.1 Å². The lowest BCUT2D eigenvalue weighted by Gasteiger charge is -2.28. The summed E-state index contributed by atoms with van der Waals surface area (Å²) in [7, 11) is 0. The molecule has 0 amide bonds. The summed E-state index contributed by atoms with van der Waals surface area (Å²) in [6.45, 7) is 2.36. The van der Waals surface area contributed by atoms with Gasteiger partial charge in [0.25, 0.3) is 0 Å². The largest absolute Gasteiger partial charge is 0.481 e. The number of hydrogen-bond acceptors (Lipinski definition) is 2. The Hall–Kier alpha value is -0.570. The topological polar surface area (TPSA) is 40.5 Å². The molecule has 1 saturated heterocycles. The van der Waals surface area contributed by atoms with Crippen LogP contribution in [-0.2, 0) is 4.79 Å². The van der Waals surface area contributed by atoms with Gasteiger partial charge in [-0.2, -0.15) is 0 Å². The van der Waals surface area contributed by atoms with Crippen molar-refractivity contribution in [2.24, 2.45) is 17.8 Å². The van der Waals surface area contributed by atoms with Crippen LogP contribution in [0.1, 0.15) is 25.7 Å².